The lowest BCUT2D eigenvalue weighted by Crippen LogP contribution is -2.49. The second kappa shape index (κ2) is 8.34. The van der Waals surface area contributed by atoms with Crippen LogP contribution in [0.15, 0.2) is 22.7 Å². The fourth-order valence-corrected chi connectivity index (χ4v) is 4.60. The summed E-state index contributed by atoms with van der Waals surface area (Å²) in [6, 6.07) is 6.32. The molecular weight excluding hydrogens is 370 g/mol. The lowest BCUT2D eigenvalue weighted by Gasteiger charge is -2.44. The van der Waals surface area contributed by atoms with Crippen molar-refractivity contribution in [2.75, 3.05) is 26.8 Å². The summed E-state index contributed by atoms with van der Waals surface area (Å²) in [7, 11) is 1.63. The van der Waals surface area contributed by atoms with Crippen molar-refractivity contribution in [3.63, 3.8) is 0 Å². The van der Waals surface area contributed by atoms with Crippen molar-refractivity contribution in [1.82, 2.24) is 4.90 Å². The number of nitrogens with zero attached hydrogens (tertiary/aromatic N) is 1. The van der Waals surface area contributed by atoms with Gasteiger partial charge in [0.2, 0.25) is 0 Å². The van der Waals surface area contributed by atoms with Crippen LogP contribution in [0.1, 0.15) is 37.7 Å². The fraction of sp³-hybridized carbons (Fsp3) is 0.632. The molecule has 2 heterocycles. The molecule has 0 unspecified atom stereocenters. The highest BCUT2D eigenvalue weighted by atomic mass is 79.9. The summed E-state index contributed by atoms with van der Waals surface area (Å²) in [4.78, 5) is 14.8. The topological polar surface area (TPSA) is 38.8 Å². The van der Waals surface area contributed by atoms with E-state index < -0.39 is 0 Å². The highest BCUT2D eigenvalue weighted by Gasteiger charge is 2.33. The number of carbonyl (C=O) groups excluding carboxylic acids is 1. The van der Waals surface area contributed by atoms with Crippen molar-refractivity contribution in [1.29, 1.82) is 0 Å². The molecule has 1 aromatic rings. The molecule has 1 aromatic carbocycles. The molecular formula is C19H26BrNO3. The van der Waals surface area contributed by atoms with Crippen LogP contribution in [0.25, 0.3) is 0 Å². The summed E-state index contributed by atoms with van der Waals surface area (Å²) >= 11 is 3.45. The lowest BCUT2D eigenvalue weighted by atomic mass is 9.84. The number of carbonyl (C=O) groups is 1. The third-order valence-corrected chi connectivity index (χ3v) is 5.87. The van der Waals surface area contributed by atoms with Crippen LogP contribution < -0.4 is 4.74 Å². The minimum absolute atomic E-state index is 0.139. The smallest absolute Gasteiger partial charge is 0.310 e. The minimum atomic E-state index is -0.139. The van der Waals surface area contributed by atoms with Crippen LogP contribution in [0, 0.1) is 5.92 Å². The molecule has 2 atom stereocenters. The number of ether oxygens (including phenoxy) is 2. The van der Waals surface area contributed by atoms with E-state index in [4.69, 9.17) is 9.47 Å². The van der Waals surface area contributed by atoms with Gasteiger partial charge in [0, 0.05) is 12.0 Å². The second-order valence-electron chi connectivity index (χ2n) is 6.83. The SMILES string of the molecule is COc1ccc(CC(=O)OC[C@H]2CCCN3CCCC[C@@H]23)cc1Br. The van der Waals surface area contributed by atoms with E-state index in [0.717, 1.165) is 15.8 Å². The molecule has 2 saturated heterocycles. The Balaban J connectivity index is 1.51. The van der Waals surface area contributed by atoms with Gasteiger partial charge in [0.15, 0.2) is 0 Å². The van der Waals surface area contributed by atoms with Gasteiger partial charge in [-0.2, -0.15) is 0 Å². The molecule has 0 N–H and O–H groups in total. The van der Waals surface area contributed by atoms with Crippen LogP contribution >= 0.6 is 15.9 Å². The Bertz CT molecular complexity index is 576. The zero-order chi connectivity index (χ0) is 16.9. The molecule has 24 heavy (non-hydrogen) atoms. The maximum Gasteiger partial charge on any atom is 0.310 e. The van der Waals surface area contributed by atoms with Crippen LogP contribution in [0.5, 0.6) is 5.75 Å². The number of fused-ring (bicyclic) bond motifs is 1. The van der Waals surface area contributed by atoms with Gasteiger partial charge < -0.3 is 9.47 Å². The van der Waals surface area contributed by atoms with Gasteiger partial charge in [0.1, 0.15) is 5.75 Å². The third kappa shape index (κ3) is 4.31. The monoisotopic (exact) mass is 395 g/mol. The summed E-state index contributed by atoms with van der Waals surface area (Å²) in [5, 5.41) is 0. The number of benzene rings is 1. The first-order valence-corrected chi connectivity index (χ1v) is 9.69. The summed E-state index contributed by atoms with van der Waals surface area (Å²) < 4.78 is 11.7. The van der Waals surface area contributed by atoms with Crippen molar-refractivity contribution in [2.45, 2.75) is 44.6 Å². The van der Waals surface area contributed by atoms with Crippen LogP contribution in [0.2, 0.25) is 0 Å². The van der Waals surface area contributed by atoms with E-state index >= 15 is 0 Å². The van der Waals surface area contributed by atoms with E-state index in [2.05, 4.69) is 20.8 Å². The Hall–Kier alpha value is -1.07. The quantitative estimate of drug-likeness (QED) is 0.710. The summed E-state index contributed by atoms with van der Waals surface area (Å²) in [5.41, 5.74) is 0.940. The predicted molar refractivity (Wildman–Crippen MR) is 97.3 cm³/mol. The van der Waals surface area contributed by atoms with Gasteiger partial charge in [0.05, 0.1) is 24.6 Å². The number of halogens is 1. The second-order valence-corrected chi connectivity index (χ2v) is 7.68. The number of esters is 1. The Labute approximate surface area is 152 Å². The van der Waals surface area contributed by atoms with E-state index in [-0.39, 0.29) is 5.97 Å². The van der Waals surface area contributed by atoms with Crippen molar-refractivity contribution in [3.8, 4) is 5.75 Å². The summed E-state index contributed by atoms with van der Waals surface area (Å²) in [6.45, 7) is 3.00. The Morgan fingerprint density at radius 1 is 1.25 bits per heavy atom. The fourth-order valence-electron chi connectivity index (χ4n) is 4.01. The van der Waals surface area contributed by atoms with E-state index in [1.807, 2.05) is 18.2 Å². The van der Waals surface area contributed by atoms with Crippen LogP contribution in [0.4, 0.5) is 0 Å². The molecule has 0 radical (unpaired) electrons. The largest absolute Gasteiger partial charge is 0.496 e. The normalized spacial score (nSPS) is 24.2. The van der Waals surface area contributed by atoms with E-state index in [1.54, 1.807) is 7.11 Å². The minimum Gasteiger partial charge on any atom is -0.496 e. The molecule has 0 amide bonds. The molecule has 0 saturated carbocycles. The predicted octanol–water partition coefficient (Wildman–Crippen LogP) is 3.81. The molecule has 4 nitrogen and oxygen atoms in total. The van der Waals surface area contributed by atoms with Gasteiger partial charge in [-0.1, -0.05) is 12.5 Å². The number of rotatable bonds is 5. The molecule has 0 aliphatic carbocycles. The summed E-state index contributed by atoms with van der Waals surface area (Å²) in [6.07, 6.45) is 6.60. The van der Waals surface area contributed by atoms with Gasteiger partial charge in [0.25, 0.3) is 0 Å². The van der Waals surface area contributed by atoms with Crippen LogP contribution in [-0.2, 0) is 16.0 Å². The Kier molecular flexibility index (Phi) is 6.17. The molecule has 3 rings (SSSR count). The maximum absolute atomic E-state index is 12.2. The number of hydrogen-bond donors (Lipinski definition) is 0. The molecule has 0 bridgehead atoms. The first-order chi connectivity index (χ1) is 11.7. The van der Waals surface area contributed by atoms with Crippen LogP contribution in [0.3, 0.4) is 0 Å². The van der Waals surface area contributed by atoms with Gasteiger partial charge in [-0.25, -0.2) is 0 Å². The third-order valence-electron chi connectivity index (χ3n) is 5.25. The van der Waals surface area contributed by atoms with E-state index in [1.165, 1.54) is 45.2 Å². The highest BCUT2D eigenvalue weighted by Crippen LogP contribution is 2.31. The van der Waals surface area contributed by atoms with Gasteiger partial charge in [-0.3, -0.25) is 9.69 Å². The average molecular weight is 396 g/mol. The molecule has 2 aliphatic rings. The highest BCUT2D eigenvalue weighted by molar-refractivity contribution is 9.10. The van der Waals surface area contributed by atoms with Gasteiger partial charge in [-0.15, -0.1) is 0 Å². The summed E-state index contributed by atoms with van der Waals surface area (Å²) in [5.74, 6) is 1.14. The number of piperidine rings is 2. The maximum atomic E-state index is 12.2. The lowest BCUT2D eigenvalue weighted by molar-refractivity contribution is -0.145. The average Bonchev–Trinajstić information content (AvgIpc) is 2.60. The molecule has 5 heteroatoms. The molecule has 0 aromatic heterocycles. The first-order valence-electron chi connectivity index (χ1n) is 8.89. The number of hydrogen-bond acceptors (Lipinski definition) is 4. The van der Waals surface area contributed by atoms with Crippen LogP contribution in [-0.4, -0.2) is 43.7 Å². The van der Waals surface area contributed by atoms with Gasteiger partial charge >= 0.3 is 5.97 Å². The Morgan fingerprint density at radius 3 is 2.88 bits per heavy atom. The van der Waals surface area contributed by atoms with Crippen molar-refractivity contribution >= 4 is 21.9 Å². The van der Waals surface area contributed by atoms with Crippen molar-refractivity contribution in [2.24, 2.45) is 5.92 Å². The zero-order valence-corrected chi connectivity index (χ0v) is 15.9. The Morgan fingerprint density at radius 2 is 2.08 bits per heavy atom. The molecule has 0 spiro atoms. The van der Waals surface area contributed by atoms with Crippen molar-refractivity contribution in [3.05, 3.63) is 28.2 Å². The van der Waals surface area contributed by atoms with E-state index in [0.29, 0.717) is 25.0 Å². The van der Waals surface area contributed by atoms with Gasteiger partial charge in [-0.05, 0) is 72.4 Å². The zero-order valence-electron chi connectivity index (χ0n) is 14.3. The van der Waals surface area contributed by atoms with E-state index in [9.17, 15) is 4.79 Å². The standard InChI is InChI=1S/C19H26BrNO3/c1-23-18-8-7-14(11-16(18)20)12-19(22)24-13-15-5-4-10-21-9-3-2-6-17(15)21/h7-8,11,15,17H,2-6,9-10,12-13H2,1H3/t15-,17+/m1/s1. The first kappa shape index (κ1) is 17.7. The van der Waals surface area contributed by atoms with Crippen molar-refractivity contribution < 1.29 is 14.3 Å². The molecule has 132 valence electrons. The molecule has 2 fully saturated rings. The number of methoxy groups -OCH3 is 1. The molecule has 2 aliphatic heterocycles.